The summed E-state index contributed by atoms with van der Waals surface area (Å²) in [5, 5.41) is 0. The predicted molar refractivity (Wildman–Crippen MR) is 35.6 cm³/mol. The second kappa shape index (κ2) is 17.1. The van der Waals surface area contributed by atoms with Crippen molar-refractivity contribution in [3.05, 3.63) is 0 Å². The fraction of sp³-hybridized carbons (Fsp3) is 0. The molecule has 0 bridgehead atoms. The quantitative estimate of drug-likeness (QED) is 0.293. The van der Waals surface area contributed by atoms with Gasteiger partial charge in [-0.2, -0.15) is 0 Å². The zero-order chi connectivity index (χ0) is 2.00. The van der Waals surface area contributed by atoms with E-state index in [0.29, 0.717) is 0 Å². The third-order valence-electron chi connectivity index (χ3n) is 0. The summed E-state index contributed by atoms with van der Waals surface area (Å²) < 4.78 is 0. The van der Waals surface area contributed by atoms with E-state index in [0.717, 1.165) is 0 Å². The largest absolute Gasteiger partial charge is 0.316 e. The van der Waals surface area contributed by atoms with Crippen LogP contribution < -0.4 is 0 Å². The zero-order valence-electron chi connectivity index (χ0n) is 2.00. The summed E-state index contributed by atoms with van der Waals surface area (Å²) in [5.41, 5.74) is 0. The molecular formula is H9AlCaMgSi. The second-order valence-electron chi connectivity index (χ2n) is 0. The third-order valence-corrected chi connectivity index (χ3v) is 0. The maximum Gasteiger partial charge on any atom is 0.316 e. The van der Waals surface area contributed by atoms with E-state index >= 15 is 0 Å². The van der Waals surface area contributed by atoms with Gasteiger partial charge in [0.05, 0.1) is 0 Å². The van der Waals surface area contributed by atoms with Crippen LogP contribution in [0.4, 0.5) is 0 Å². The van der Waals surface area contributed by atoms with Gasteiger partial charge >= 0.3 is 60.8 Å². The van der Waals surface area contributed by atoms with E-state index in [1.807, 2.05) is 0 Å². The molecule has 0 fully saturated rings. The Hall–Kier alpha value is 2.78. The summed E-state index contributed by atoms with van der Waals surface area (Å²) in [6.07, 6.45) is 0. The van der Waals surface area contributed by atoms with Crippen LogP contribution in [0.15, 0.2) is 0 Å². The Bertz CT molecular complexity index is 8.00. The normalized spacial score (nSPS) is 2.00. The second-order valence-corrected chi connectivity index (χ2v) is 0. The van der Waals surface area contributed by atoms with Crippen molar-refractivity contribution in [1.29, 1.82) is 0 Å². The van der Waals surface area contributed by atoms with Crippen molar-refractivity contribution >= 4 is 85.2 Å². The van der Waals surface area contributed by atoms with Crippen LogP contribution in [0.25, 0.3) is 0 Å². The molecule has 0 aliphatic heterocycles. The summed E-state index contributed by atoms with van der Waals surface area (Å²) in [4.78, 5) is 0. The molecule has 0 heterocycles. The van der Waals surface area contributed by atoms with Gasteiger partial charge in [-0.15, -0.1) is 0 Å². The molecule has 0 atom stereocenters. The van der Waals surface area contributed by atoms with Gasteiger partial charge in [-0.3, -0.25) is 0 Å². The molecule has 0 amide bonds. The van der Waals surface area contributed by atoms with Gasteiger partial charge in [-0.05, 0) is 0 Å². The van der Waals surface area contributed by atoms with Crippen molar-refractivity contribution in [1.82, 2.24) is 0 Å². The average molecular weight is 129 g/mol. The number of hydrogen-bond donors (Lipinski definition) is 0. The Morgan fingerprint density at radius 1 is 1.25 bits per heavy atom. The summed E-state index contributed by atoms with van der Waals surface area (Å²) in [7, 11) is 1.44. The van der Waals surface area contributed by atoms with Crippen LogP contribution in [0.5, 0.6) is 0 Å². The van der Waals surface area contributed by atoms with E-state index in [1.54, 1.807) is 0 Å². The molecule has 0 aromatic rings. The molecule has 0 N–H and O–H groups in total. The minimum absolute atomic E-state index is 0. The topological polar surface area (TPSA) is 0 Å². The summed E-state index contributed by atoms with van der Waals surface area (Å²) in [6, 6.07) is 0. The molecule has 4 heteroatoms. The van der Waals surface area contributed by atoms with Crippen LogP contribution in [-0.2, 0) is 0 Å². The molecular weight excluding hydrogens is 119 g/mol. The van der Waals surface area contributed by atoms with Crippen LogP contribution in [-0.4, -0.2) is 85.2 Å². The Morgan fingerprint density at radius 3 is 1.25 bits per heavy atom. The van der Waals surface area contributed by atoms with E-state index in [2.05, 4.69) is 0 Å². The molecule has 0 aromatic heterocycles. The molecule has 4 heavy (non-hydrogen) atoms. The maximum atomic E-state index is 1.44. The van der Waals surface area contributed by atoms with Crippen LogP contribution in [0, 0.1) is 0 Å². The average Bonchev–Trinajstić information content (AvgIpc) is 1.00. The maximum absolute atomic E-state index is 1.44. The van der Waals surface area contributed by atoms with Crippen LogP contribution in [0.2, 0.25) is 0 Å². The Kier molecular flexibility index (Phi) is 67.8. The third kappa shape index (κ3) is 8.84. The first kappa shape index (κ1) is 15.9. The first-order valence-electron chi connectivity index (χ1n) is 1.00. The van der Waals surface area contributed by atoms with Gasteiger partial charge in [0.1, 0.15) is 0 Å². The van der Waals surface area contributed by atoms with Crippen molar-refractivity contribution in [2.45, 2.75) is 0 Å². The molecule has 0 aliphatic rings. The molecule has 0 saturated carbocycles. The van der Waals surface area contributed by atoms with Gasteiger partial charge in [0.2, 0.25) is 0 Å². The van der Waals surface area contributed by atoms with Crippen LogP contribution in [0.3, 0.4) is 0 Å². The zero-order valence-corrected chi connectivity index (χ0v) is 6.00. The molecule has 0 spiro atoms. The Labute approximate surface area is 83.5 Å². The Balaban J connectivity index is -0.00000000500. The van der Waals surface area contributed by atoms with Crippen molar-refractivity contribution in [2.75, 3.05) is 0 Å². The van der Waals surface area contributed by atoms with Crippen molar-refractivity contribution in [2.24, 2.45) is 0 Å². The van der Waals surface area contributed by atoms with Crippen molar-refractivity contribution < 1.29 is 0 Å². The molecule has 0 saturated heterocycles. The van der Waals surface area contributed by atoms with Crippen LogP contribution in [0.1, 0.15) is 0 Å². The van der Waals surface area contributed by atoms with E-state index < -0.39 is 0 Å². The molecule has 20 valence electrons. The molecule has 0 nitrogen and oxygen atoms in total. The van der Waals surface area contributed by atoms with E-state index in [-0.39, 0.29) is 60.8 Å². The molecule has 0 aliphatic carbocycles. The van der Waals surface area contributed by atoms with Gasteiger partial charge in [-0.1, -0.05) is 8.80 Å². The van der Waals surface area contributed by atoms with Gasteiger partial charge in [0, 0.05) is 0 Å². The number of rotatable bonds is 0. The standard InChI is InChI=1S/Al.Ca.Mg.H3Si.6H/h;;;1H3;;;;;;. The summed E-state index contributed by atoms with van der Waals surface area (Å²) in [6.45, 7) is 0. The minimum atomic E-state index is 0. The molecule has 0 rings (SSSR count). The Morgan fingerprint density at radius 2 is 1.25 bits per heavy atom. The first-order valence-corrected chi connectivity index (χ1v) is 9.00. The van der Waals surface area contributed by atoms with Gasteiger partial charge < -0.3 is 0 Å². The predicted octanol–water partition coefficient (Wildman–Crippen LogP) is -3.93. The molecule has 0 unspecified atom stereocenters. The van der Waals surface area contributed by atoms with E-state index in [4.69, 9.17) is 0 Å². The molecule has 0 radical (unpaired) electrons. The van der Waals surface area contributed by atoms with Crippen LogP contribution >= 0.6 is 0 Å². The SMILES string of the molecule is [AlH2][SiH3].[CaH2].[MgH2]. The smallest absolute Gasteiger partial charge is 0.316 e. The van der Waals surface area contributed by atoms with Gasteiger partial charge in [-0.25, -0.2) is 0 Å². The van der Waals surface area contributed by atoms with Crippen molar-refractivity contribution in [3.63, 3.8) is 0 Å². The fourth-order valence-corrected chi connectivity index (χ4v) is 0. The monoisotopic (exact) mass is 128 g/mol. The summed E-state index contributed by atoms with van der Waals surface area (Å²) in [5.74, 6) is 0. The molecule has 0 aromatic carbocycles. The van der Waals surface area contributed by atoms with Gasteiger partial charge in [0.15, 0.2) is 15.6 Å². The van der Waals surface area contributed by atoms with E-state index in [9.17, 15) is 0 Å². The van der Waals surface area contributed by atoms with Crippen molar-refractivity contribution in [3.8, 4) is 0 Å². The fourth-order valence-electron chi connectivity index (χ4n) is 0. The van der Waals surface area contributed by atoms with Gasteiger partial charge in [0.25, 0.3) is 0 Å². The summed E-state index contributed by atoms with van der Waals surface area (Å²) >= 11 is 1.44. The first-order chi connectivity index (χ1) is 1.00. The minimum Gasteiger partial charge on any atom is 0.316 e. The number of hydrogen-bond acceptors (Lipinski definition) is 0. The van der Waals surface area contributed by atoms with E-state index in [1.165, 1.54) is 24.4 Å².